The van der Waals surface area contributed by atoms with E-state index in [9.17, 15) is 45.6 Å². The zero-order valence-corrected chi connectivity index (χ0v) is 13.9. The molecule has 1 saturated carbocycles. The predicted octanol–water partition coefficient (Wildman–Crippen LogP) is -5.87. The van der Waals surface area contributed by atoms with Gasteiger partial charge in [0.2, 0.25) is 5.91 Å². The second kappa shape index (κ2) is 8.39. The third kappa shape index (κ3) is 3.99. The van der Waals surface area contributed by atoms with Crippen LogP contribution in [-0.2, 0) is 14.3 Å². The van der Waals surface area contributed by atoms with Crippen LogP contribution in [0.5, 0.6) is 0 Å². The molecule has 152 valence electrons. The zero-order valence-electron chi connectivity index (χ0n) is 13.9. The number of hydrogen-bond donors (Lipinski definition) is 9. The molecular formula is C14H25NO11. The van der Waals surface area contributed by atoms with Gasteiger partial charge in [0.1, 0.15) is 61.0 Å². The summed E-state index contributed by atoms with van der Waals surface area (Å²) in [4.78, 5) is 11.4. The molecule has 2 unspecified atom stereocenters. The Hall–Kier alpha value is -0.930. The summed E-state index contributed by atoms with van der Waals surface area (Å²) in [6.45, 7) is 0.424. The van der Waals surface area contributed by atoms with E-state index in [1.165, 1.54) is 0 Å². The Bertz CT molecular complexity index is 478. The molecule has 2 rings (SSSR count). The summed E-state index contributed by atoms with van der Waals surface area (Å²) in [7, 11) is 0. The number of carbonyl (C=O) groups excluding carboxylic acids is 1. The lowest BCUT2D eigenvalue weighted by molar-refractivity contribution is -0.319. The Labute approximate surface area is 148 Å². The zero-order chi connectivity index (χ0) is 19.8. The summed E-state index contributed by atoms with van der Waals surface area (Å²) in [6.07, 6.45) is -16.9. The first-order chi connectivity index (χ1) is 12.1. The third-order valence-corrected chi connectivity index (χ3v) is 4.61. The number of ether oxygens (including phenoxy) is 2. The van der Waals surface area contributed by atoms with E-state index >= 15 is 0 Å². The van der Waals surface area contributed by atoms with Crippen molar-refractivity contribution in [1.82, 2.24) is 5.32 Å². The van der Waals surface area contributed by atoms with E-state index in [1.807, 2.05) is 0 Å². The van der Waals surface area contributed by atoms with Gasteiger partial charge in [0, 0.05) is 6.92 Å². The maximum absolute atomic E-state index is 11.4. The molecule has 0 spiro atoms. The Morgan fingerprint density at radius 2 is 1.38 bits per heavy atom. The van der Waals surface area contributed by atoms with E-state index in [0.29, 0.717) is 0 Å². The summed E-state index contributed by atoms with van der Waals surface area (Å²) in [5.41, 5.74) is 0. The van der Waals surface area contributed by atoms with E-state index in [2.05, 4.69) is 5.32 Å². The quantitative estimate of drug-likeness (QED) is 0.223. The normalized spacial score (nSPS) is 49.7. The summed E-state index contributed by atoms with van der Waals surface area (Å²) in [5, 5.41) is 80.7. The van der Waals surface area contributed by atoms with Crippen LogP contribution in [0.2, 0.25) is 0 Å². The average molecular weight is 383 g/mol. The summed E-state index contributed by atoms with van der Waals surface area (Å²) < 4.78 is 10.6. The molecule has 1 heterocycles. The van der Waals surface area contributed by atoms with Crippen LogP contribution in [0.1, 0.15) is 6.92 Å². The highest BCUT2D eigenvalue weighted by Crippen LogP contribution is 2.29. The maximum Gasteiger partial charge on any atom is 0.217 e. The average Bonchev–Trinajstić information content (AvgIpc) is 2.60. The predicted molar refractivity (Wildman–Crippen MR) is 80.3 cm³/mol. The fourth-order valence-electron chi connectivity index (χ4n) is 3.10. The Morgan fingerprint density at radius 3 is 1.85 bits per heavy atom. The molecule has 0 aromatic carbocycles. The highest BCUT2D eigenvalue weighted by molar-refractivity contribution is 5.73. The minimum Gasteiger partial charge on any atom is -0.394 e. The number of nitrogens with one attached hydrogen (secondary N) is 1. The smallest absolute Gasteiger partial charge is 0.217 e. The molecule has 0 aromatic rings. The van der Waals surface area contributed by atoms with Crippen molar-refractivity contribution in [3.8, 4) is 0 Å². The van der Waals surface area contributed by atoms with E-state index < -0.39 is 79.8 Å². The van der Waals surface area contributed by atoms with Crippen molar-refractivity contribution in [3.63, 3.8) is 0 Å². The maximum atomic E-state index is 11.4. The summed E-state index contributed by atoms with van der Waals surface area (Å²) in [6, 6.07) is -1.34. The van der Waals surface area contributed by atoms with E-state index in [0.717, 1.165) is 6.92 Å². The Morgan fingerprint density at radius 1 is 0.885 bits per heavy atom. The molecule has 26 heavy (non-hydrogen) atoms. The number of aliphatic hydroxyl groups excluding tert-OH is 8. The van der Waals surface area contributed by atoms with Gasteiger partial charge in [0.05, 0.1) is 6.61 Å². The molecule has 0 bridgehead atoms. The van der Waals surface area contributed by atoms with Gasteiger partial charge in [-0.25, -0.2) is 0 Å². The van der Waals surface area contributed by atoms with Crippen LogP contribution < -0.4 is 5.32 Å². The lowest BCUT2D eigenvalue weighted by Gasteiger charge is -2.47. The van der Waals surface area contributed by atoms with E-state index in [4.69, 9.17) is 9.47 Å². The molecule has 9 N–H and O–H groups in total. The SMILES string of the molecule is CC(=O)N[C@H]1[C@@H](OC2[C@@H](O)[C@H](O)C(O)[C@@H](O)[C@H]2O)O[C@H](CO)[C@@H](O)[C@@H]1O. The Kier molecular flexibility index (Phi) is 6.90. The van der Waals surface area contributed by atoms with Crippen LogP contribution in [0.15, 0.2) is 0 Å². The largest absolute Gasteiger partial charge is 0.394 e. The highest BCUT2D eigenvalue weighted by atomic mass is 16.7. The fourth-order valence-corrected chi connectivity index (χ4v) is 3.10. The van der Waals surface area contributed by atoms with E-state index in [1.54, 1.807) is 0 Å². The first-order valence-electron chi connectivity index (χ1n) is 8.05. The molecule has 1 aliphatic heterocycles. The van der Waals surface area contributed by atoms with Crippen molar-refractivity contribution in [2.75, 3.05) is 6.61 Å². The molecular weight excluding hydrogens is 358 g/mol. The van der Waals surface area contributed by atoms with Gasteiger partial charge >= 0.3 is 0 Å². The second-order valence-corrected chi connectivity index (χ2v) is 6.49. The first kappa shape index (κ1) is 21.4. The monoisotopic (exact) mass is 383 g/mol. The molecule has 12 nitrogen and oxygen atoms in total. The lowest BCUT2D eigenvalue weighted by Crippen LogP contribution is -2.69. The summed E-state index contributed by atoms with van der Waals surface area (Å²) >= 11 is 0. The number of rotatable bonds is 4. The van der Waals surface area contributed by atoms with Crippen LogP contribution in [0.4, 0.5) is 0 Å². The van der Waals surface area contributed by atoms with Crippen molar-refractivity contribution in [2.24, 2.45) is 0 Å². The molecule has 1 aliphatic carbocycles. The van der Waals surface area contributed by atoms with Crippen molar-refractivity contribution in [2.45, 2.75) is 74.2 Å². The minimum atomic E-state index is -1.84. The van der Waals surface area contributed by atoms with Crippen molar-refractivity contribution in [1.29, 1.82) is 0 Å². The van der Waals surface area contributed by atoms with Crippen LogP contribution >= 0.6 is 0 Å². The van der Waals surface area contributed by atoms with Crippen molar-refractivity contribution >= 4 is 5.91 Å². The molecule has 2 aliphatic rings. The molecule has 1 saturated heterocycles. The number of aliphatic hydroxyl groups is 8. The molecule has 1 amide bonds. The van der Waals surface area contributed by atoms with Gasteiger partial charge in [-0.2, -0.15) is 0 Å². The molecule has 11 atom stereocenters. The Balaban J connectivity index is 2.23. The standard InChI is InChI=1S/C14H25NO11/c1-3(17)15-5-7(19)6(18)4(2-16)25-14(5)26-13-11(23)9(21)8(20)10(22)12(13)24/h4-14,16,18-24H,2H2,1H3,(H,15,17)/t4-,5-,6-,7-,8?,9-,10-,11-,12+,13?,14-/m1/s1. The van der Waals surface area contributed by atoms with Gasteiger partial charge in [-0.3, -0.25) is 4.79 Å². The van der Waals surface area contributed by atoms with E-state index in [-0.39, 0.29) is 0 Å². The first-order valence-corrected chi connectivity index (χ1v) is 8.05. The number of amides is 1. The van der Waals surface area contributed by atoms with Crippen LogP contribution in [-0.4, -0.2) is 121 Å². The third-order valence-electron chi connectivity index (χ3n) is 4.61. The summed E-state index contributed by atoms with van der Waals surface area (Å²) in [5.74, 6) is -0.610. The van der Waals surface area contributed by atoms with Gasteiger partial charge in [0.25, 0.3) is 0 Å². The topological polar surface area (TPSA) is 209 Å². The van der Waals surface area contributed by atoms with Gasteiger partial charge in [-0.15, -0.1) is 0 Å². The highest BCUT2D eigenvalue weighted by Gasteiger charge is 2.52. The van der Waals surface area contributed by atoms with Crippen LogP contribution in [0.3, 0.4) is 0 Å². The molecule has 2 fully saturated rings. The van der Waals surface area contributed by atoms with Gasteiger partial charge in [-0.1, -0.05) is 0 Å². The molecule has 12 heteroatoms. The van der Waals surface area contributed by atoms with Crippen molar-refractivity contribution in [3.05, 3.63) is 0 Å². The lowest BCUT2D eigenvalue weighted by atomic mass is 9.84. The minimum absolute atomic E-state index is 0.610. The molecule has 0 aromatic heterocycles. The van der Waals surface area contributed by atoms with Gasteiger partial charge < -0.3 is 55.6 Å². The number of carbonyl (C=O) groups is 1. The van der Waals surface area contributed by atoms with Gasteiger partial charge in [-0.05, 0) is 0 Å². The second-order valence-electron chi connectivity index (χ2n) is 6.49. The fraction of sp³-hybridized carbons (Fsp3) is 0.929. The van der Waals surface area contributed by atoms with Gasteiger partial charge in [0.15, 0.2) is 6.29 Å². The molecule has 0 radical (unpaired) electrons. The van der Waals surface area contributed by atoms with Crippen molar-refractivity contribution < 1.29 is 55.1 Å². The van der Waals surface area contributed by atoms with Crippen LogP contribution in [0, 0.1) is 0 Å². The van der Waals surface area contributed by atoms with Crippen LogP contribution in [0.25, 0.3) is 0 Å². The number of hydrogen-bond acceptors (Lipinski definition) is 11.